The first-order valence-corrected chi connectivity index (χ1v) is 11.3. The van der Waals surface area contributed by atoms with Crippen molar-refractivity contribution in [3.63, 3.8) is 0 Å². The van der Waals surface area contributed by atoms with Gasteiger partial charge in [0.1, 0.15) is 5.75 Å². The van der Waals surface area contributed by atoms with E-state index < -0.39 is 23.6 Å². The molecule has 0 radical (unpaired) electrons. The second-order valence-electron chi connectivity index (χ2n) is 8.12. The molecule has 0 saturated heterocycles. The summed E-state index contributed by atoms with van der Waals surface area (Å²) in [4.78, 5) is 32.1. The van der Waals surface area contributed by atoms with E-state index in [9.17, 15) is 28.1 Å². The Balaban J connectivity index is 1.70. The summed E-state index contributed by atoms with van der Waals surface area (Å²) >= 11 is 0. The van der Waals surface area contributed by atoms with Crippen LogP contribution < -0.4 is 15.4 Å². The Kier molecular flexibility index (Phi) is 7.82. The minimum Gasteiger partial charge on any atom is -0.484 e. The molecule has 194 valence electrons. The Hall–Kier alpha value is -4.26. The van der Waals surface area contributed by atoms with Crippen LogP contribution in [0.3, 0.4) is 0 Å². The lowest BCUT2D eigenvalue weighted by Crippen LogP contribution is -2.24. The van der Waals surface area contributed by atoms with E-state index in [4.69, 9.17) is 9.47 Å². The fraction of sp³-hybridized carbons (Fsp3) is 0.292. The number of halogens is 3. The summed E-state index contributed by atoms with van der Waals surface area (Å²) in [6.07, 6.45) is -1.97. The van der Waals surface area contributed by atoms with Crippen LogP contribution in [0.25, 0.3) is 11.3 Å². The van der Waals surface area contributed by atoms with Gasteiger partial charge in [-0.25, -0.2) is 9.97 Å². The van der Waals surface area contributed by atoms with Crippen LogP contribution in [0.2, 0.25) is 0 Å². The lowest BCUT2D eigenvalue weighted by molar-refractivity contribution is -0.384. The molecule has 10 nitrogen and oxygen atoms in total. The number of benzene rings is 2. The van der Waals surface area contributed by atoms with E-state index in [0.717, 1.165) is 0 Å². The van der Waals surface area contributed by atoms with E-state index in [-0.39, 0.29) is 47.4 Å². The second-order valence-corrected chi connectivity index (χ2v) is 8.12. The van der Waals surface area contributed by atoms with Crippen LogP contribution in [0, 0.1) is 10.1 Å². The SMILES string of the molecule is O=C1NCCCCOCc2cc(ccc2OCC(F)(F)F)Nc2nccc(n2)-c2ccc1cc2[N+](=O)[O-]. The number of carbonyl (C=O) groups is 1. The van der Waals surface area contributed by atoms with Gasteiger partial charge in [0, 0.05) is 42.2 Å². The largest absolute Gasteiger partial charge is 0.484 e. The van der Waals surface area contributed by atoms with Gasteiger partial charge in [-0.3, -0.25) is 14.9 Å². The molecule has 2 aromatic carbocycles. The number of aromatic nitrogens is 2. The zero-order valence-electron chi connectivity index (χ0n) is 19.4. The van der Waals surface area contributed by atoms with Crippen molar-refractivity contribution >= 4 is 23.2 Å². The molecule has 3 aromatic rings. The average molecular weight is 517 g/mol. The number of hydrogen-bond donors (Lipinski definition) is 2. The lowest BCUT2D eigenvalue weighted by Gasteiger charge is -2.15. The van der Waals surface area contributed by atoms with Crippen molar-refractivity contribution < 1.29 is 32.4 Å². The predicted octanol–water partition coefficient (Wildman–Crippen LogP) is 4.78. The van der Waals surface area contributed by atoms with Gasteiger partial charge in [-0.05, 0) is 49.2 Å². The zero-order chi connectivity index (χ0) is 26.4. The Morgan fingerprint density at radius 1 is 1.14 bits per heavy atom. The van der Waals surface area contributed by atoms with Crippen molar-refractivity contribution in [3.05, 3.63) is 69.9 Å². The Labute approximate surface area is 209 Å². The van der Waals surface area contributed by atoms with Gasteiger partial charge in [-0.15, -0.1) is 0 Å². The number of hydrogen-bond acceptors (Lipinski definition) is 8. The topological polar surface area (TPSA) is 129 Å². The van der Waals surface area contributed by atoms with Gasteiger partial charge in [0.05, 0.1) is 22.8 Å². The molecule has 5 rings (SSSR count). The van der Waals surface area contributed by atoms with Gasteiger partial charge in [-0.1, -0.05) is 0 Å². The maximum atomic E-state index is 12.7. The summed E-state index contributed by atoms with van der Waals surface area (Å²) in [5.41, 5.74) is 1.10. The molecule has 13 heteroatoms. The number of nitro groups is 1. The molecule has 0 unspecified atom stereocenters. The molecule has 1 aromatic heterocycles. The first-order chi connectivity index (χ1) is 17.7. The van der Waals surface area contributed by atoms with Crippen molar-refractivity contribution in [3.8, 4) is 17.0 Å². The molecule has 0 fully saturated rings. The molecule has 37 heavy (non-hydrogen) atoms. The van der Waals surface area contributed by atoms with E-state index in [1.54, 1.807) is 6.07 Å². The van der Waals surface area contributed by atoms with Crippen LogP contribution in [0.5, 0.6) is 5.75 Å². The fourth-order valence-electron chi connectivity index (χ4n) is 3.62. The van der Waals surface area contributed by atoms with Crippen LogP contribution in [-0.2, 0) is 11.3 Å². The highest BCUT2D eigenvalue weighted by atomic mass is 19.4. The van der Waals surface area contributed by atoms with Crippen molar-refractivity contribution in [2.24, 2.45) is 0 Å². The summed E-state index contributed by atoms with van der Waals surface area (Å²) in [5, 5.41) is 17.4. The molecule has 3 heterocycles. The van der Waals surface area contributed by atoms with Crippen molar-refractivity contribution in [2.75, 3.05) is 25.1 Å². The summed E-state index contributed by atoms with van der Waals surface area (Å²) in [6, 6.07) is 10.1. The molecule has 1 amide bonds. The Morgan fingerprint density at radius 3 is 2.76 bits per heavy atom. The highest BCUT2D eigenvalue weighted by Gasteiger charge is 2.29. The van der Waals surface area contributed by atoms with E-state index in [0.29, 0.717) is 30.6 Å². The quantitative estimate of drug-likeness (QED) is 0.375. The molecule has 2 N–H and O–H groups in total. The molecule has 2 aliphatic heterocycles. The molecular formula is C24H22F3N5O5. The van der Waals surface area contributed by atoms with E-state index >= 15 is 0 Å². The number of alkyl halides is 3. The van der Waals surface area contributed by atoms with Crippen LogP contribution in [-0.4, -0.2) is 46.7 Å². The summed E-state index contributed by atoms with van der Waals surface area (Å²) in [5.74, 6) is -0.338. The number of nitrogens with zero attached hydrogens (tertiary/aromatic N) is 3. The molecule has 0 saturated carbocycles. The van der Waals surface area contributed by atoms with E-state index in [1.807, 2.05) is 0 Å². The lowest BCUT2D eigenvalue weighted by atomic mass is 10.1. The first kappa shape index (κ1) is 25.8. The van der Waals surface area contributed by atoms with Crippen LogP contribution in [0.15, 0.2) is 48.7 Å². The fourth-order valence-corrected chi connectivity index (χ4v) is 3.62. The summed E-state index contributed by atoms with van der Waals surface area (Å²) < 4.78 is 48.7. The molecule has 0 aliphatic carbocycles. The van der Waals surface area contributed by atoms with Gasteiger partial charge >= 0.3 is 6.18 Å². The molecule has 6 bridgehead atoms. The Bertz CT molecular complexity index is 1300. The Morgan fingerprint density at radius 2 is 1.97 bits per heavy atom. The molecular weight excluding hydrogens is 495 g/mol. The van der Waals surface area contributed by atoms with Crippen LogP contribution >= 0.6 is 0 Å². The van der Waals surface area contributed by atoms with E-state index in [2.05, 4.69) is 20.6 Å². The minimum atomic E-state index is -4.50. The average Bonchev–Trinajstić information content (AvgIpc) is 2.86. The van der Waals surface area contributed by atoms with E-state index in [1.165, 1.54) is 42.6 Å². The highest BCUT2D eigenvalue weighted by molar-refractivity contribution is 5.96. The van der Waals surface area contributed by atoms with Crippen molar-refractivity contribution in [1.29, 1.82) is 0 Å². The van der Waals surface area contributed by atoms with Gasteiger partial charge in [0.2, 0.25) is 5.95 Å². The first-order valence-electron chi connectivity index (χ1n) is 11.3. The number of fused-ring (bicyclic) bond motifs is 9. The zero-order valence-corrected chi connectivity index (χ0v) is 19.4. The van der Waals surface area contributed by atoms with Gasteiger partial charge in [0.25, 0.3) is 11.6 Å². The minimum absolute atomic E-state index is 0.00808. The number of carbonyl (C=O) groups excluding carboxylic acids is 1. The maximum Gasteiger partial charge on any atom is 0.422 e. The standard InChI is InChI=1S/C24H22F3N5O5/c25-24(26,27)14-37-21-6-4-17-11-16(21)13-36-10-2-1-8-28-22(33)15-3-5-18(20(12-15)32(34)35)19-7-9-29-23(30-17)31-19/h3-7,9,11-12H,1-2,8,10,13-14H2,(H,28,33)(H,29,30,31). The maximum absolute atomic E-state index is 12.7. The molecule has 0 spiro atoms. The highest BCUT2D eigenvalue weighted by Crippen LogP contribution is 2.31. The predicted molar refractivity (Wildman–Crippen MR) is 127 cm³/mol. The van der Waals surface area contributed by atoms with Gasteiger partial charge in [-0.2, -0.15) is 13.2 Å². The number of nitro benzene ring substituents is 1. The second kappa shape index (κ2) is 11.2. The third-order valence-corrected chi connectivity index (χ3v) is 5.35. The number of rotatable bonds is 3. The summed E-state index contributed by atoms with van der Waals surface area (Å²) in [7, 11) is 0. The van der Waals surface area contributed by atoms with Crippen LogP contribution in [0.4, 0.5) is 30.5 Å². The third kappa shape index (κ3) is 6.91. The summed E-state index contributed by atoms with van der Waals surface area (Å²) in [6.45, 7) is -0.856. The van der Waals surface area contributed by atoms with Gasteiger partial charge < -0.3 is 20.1 Å². The monoisotopic (exact) mass is 517 g/mol. The van der Waals surface area contributed by atoms with Crippen molar-refractivity contribution in [2.45, 2.75) is 25.6 Å². The number of amides is 1. The number of ether oxygens (including phenoxy) is 2. The van der Waals surface area contributed by atoms with Gasteiger partial charge in [0.15, 0.2) is 6.61 Å². The van der Waals surface area contributed by atoms with Crippen LogP contribution in [0.1, 0.15) is 28.8 Å². The van der Waals surface area contributed by atoms with Crippen molar-refractivity contribution in [1.82, 2.24) is 15.3 Å². The smallest absolute Gasteiger partial charge is 0.422 e. The number of nitrogens with one attached hydrogen (secondary N) is 2. The molecule has 0 atom stereocenters. The molecule has 2 aliphatic rings. The number of anilines is 2. The third-order valence-electron chi connectivity index (χ3n) is 5.35. The normalized spacial score (nSPS) is 14.5.